The number of hydrogen-bond acceptors (Lipinski definition) is 3. The molecule has 0 aliphatic rings. The molecule has 1 heterocycles. The summed E-state index contributed by atoms with van der Waals surface area (Å²) in [6.45, 7) is 3.30. The predicted octanol–water partition coefficient (Wildman–Crippen LogP) is 3.62. The van der Waals surface area contributed by atoms with E-state index in [0.29, 0.717) is 29.4 Å². The van der Waals surface area contributed by atoms with Crippen molar-refractivity contribution in [3.8, 4) is 0 Å². The van der Waals surface area contributed by atoms with Crippen LogP contribution in [0.5, 0.6) is 0 Å². The first-order valence-electron chi connectivity index (χ1n) is 7.01. The maximum atomic E-state index is 11.9. The average Bonchev–Trinajstić information content (AvgIpc) is 2.79. The zero-order chi connectivity index (χ0) is 15.2. The summed E-state index contributed by atoms with van der Waals surface area (Å²) in [5.41, 5.74) is 1.03. The van der Waals surface area contributed by atoms with Gasteiger partial charge in [0, 0.05) is 25.1 Å². The van der Waals surface area contributed by atoms with Gasteiger partial charge in [0.2, 0.25) is 5.91 Å². The molecule has 0 saturated carbocycles. The lowest BCUT2D eigenvalue weighted by Crippen LogP contribution is -2.19. The van der Waals surface area contributed by atoms with Gasteiger partial charge in [0.1, 0.15) is 0 Å². The Morgan fingerprint density at radius 1 is 1.48 bits per heavy atom. The number of benzene rings is 1. The Bertz CT molecular complexity index is 691. The van der Waals surface area contributed by atoms with Gasteiger partial charge in [0.05, 0.1) is 16.8 Å². The van der Waals surface area contributed by atoms with Crippen LogP contribution in [0.1, 0.15) is 26.2 Å². The van der Waals surface area contributed by atoms with Crippen LogP contribution in [0.2, 0.25) is 5.02 Å². The summed E-state index contributed by atoms with van der Waals surface area (Å²) in [6, 6.07) is 5.71. The number of carbonyl (C=O) groups excluding carboxylic acids is 1. The molecule has 0 unspecified atom stereocenters. The zero-order valence-electron chi connectivity index (χ0n) is 12.3. The maximum absolute atomic E-state index is 11.9. The molecule has 0 saturated heterocycles. The Balaban J connectivity index is 2.45. The van der Waals surface area contributed by atoms with E-state index in [2.05, 4.69) is 11.9 Å². The van der Waals surface area contributed by atoms with E-state index in [1.54, 1.807) is 7.11 Å². The Labute approximate surface area is 133 Å². The van der Waals surface area contributed by atoms with Crippen molar-refractivity contribution in [2.45, 2.75) is 32.7 Å². The van der Waals surface area contributed by atoms with Crippen LogP contribution >= 0.6 is 22.9 Å². The molecule has 4 nitrogen and oxygen atoms in total. The highest BCUT2D eigenvalue weighted by atomic mass is 35.5. The normalized spacial score (nSPS) is 12.2. The summed E-state index contributed by atoms with van der Waals surface area (Å²) in [5.74, 6) is -0.0688. The fourth-order valence-corrected chi connectivity index (χ4v) is 3.37. The Hall–Kier alpha value is -1.17. The standard InChI is InChI=1S/C15H19ClN2O2S/c1-3-4-5-14(19)17-15-18(8-9-20-2)12-7-6-11(16)10-13(12)21-15/h6-7,10H,3-5,8-9H2,1-2H3. The molecule has 0 aliphatic carbocycles. The van der Waals surface area contributed by atoms with Gasteiger partial charge in [-0.3, -0.25) is 4.79 Å². The molecule has 114 valence electrons. The molecule has 6 heteroatoms. The second-order valence-corrected chi connectivity index (χ2v) is 6.20. The van der Waals surface area contributed by atoms with E-state index >= 15 is 0 Å². The smallest absolute Gasteiger partial charge is 0.248 e. The molecule has 2 rings (SSSR count). The quantitative estimate of drug-likeness (QED) is 0.813. The minimum Gasteiger partial charge on any atom is -0.383 e. The molecule has 1 aromatic heterocycles. The Morgan fingerprint density at radius 3 is 3.00 bits per heavy atom. The molecular formula is C15H19ClN2O2S. The van der Waals surface area contributed by atoms with Crippen LogP contribution in [-0.2, 0) is 16.1 Å². The number of unbranched alkanes of at least 4 members (excludes halogenated alkanes) is 1. The monoisotopic (exact) mass is 326 g/mol. The highest BCUT2D eigenvalue weighted by Gasteiger charge is 2.08. The number of hydrogen-bond donors (Lipinski definition) is 0. The first-order chi connectivity index (χ1) is 10.2. The van der Waals surface area contributed by atoms with Crippen molar-refractivity contribution in [2.24, 2.45) is 4.99 Å². The topological polar surface area (TPSA) is 43.6 Å². The molecule has 2 aromatic rings. The Morgan fingerprint density at radius 2 is 2.29 bits per heavy atom. The van der Waals surface area contributed by atoms with Gasteiger partial charge in [0.15, 0.2) is 4.80 Å². The van der Waals surface area contributed by atoms with Crippen LogP contribution in [0.3, 0.4) is 0 Å². The summed E-state index contributed by atoms with van der Waals surface area (Å²) in [4.78, 5) is 16.9. The van der Waals surface area contributed by atoms with Crippen LogP contribution in [-0.4, -0.2) is 24.2 Å². The van der Waals surface area contributed by atoms with Gasteiger partial charge >= 0.3 is 0 Å². The van der Waals surface area contributed by atoms with Gasteiger partial charge in [0.25, 0.3) is 0 Å². The summed E-state index contributed by atoms with van der Waals surface area (Å²) in [5, 5.41) is 0.687. The highest BCUT2D eigenvalue weighted by Crippen LogP contribution is 2.21. The van der Waals surface area contributed by atoms with Gasteiger partial charge in [-0.05, 0) is 24.6 Å². The van der Waals surface area contributed by atoms with E-state index in [-0.39, 0.29) is 5.91 Å². The van der Waals surface area contributed by atoms with Gasteiger partial charge < -0.3 is 9.30 Å². The number of rotatable bonds is 6. The number of ether oxygens (including phenoxy) is 1. The van der Waals surface area contributed by atoms with E-state index in [0.717, 1.165) is 23.1 Å². The predicted molar refractivity (Wildman–Crippen MR) is 86.8 cm³/mol. The van der Waals surface area contributed by atoms with Crippen molar-refractivity contribution in [3.05, 3.63) is 28.0 Å². The van der Waals surface area contributed by atoms with Gasteiger partial charge in [-0.25, -0.2) is 0 Å². The summed E-state index contributed by atoms with van der Waals surface area (Å²) >= 11 is 7.52. The number of aromatic nitrogens is 1. The number of fused-ring (bicyclic) bond motifs is 1. The molecule has 0 bridgehead atoms. The molecule has 0 aliphatic heterocycles. The molecule has 21 heavy (non-hydrogen) atoms. The van der Waals surface area contributed by atoms with Gasteiger partial charge in [-0.1, -0.05) is 36.3 Å². The fraction of sp³-hybridized carbons (Fsp3) is 0.467. The van der Waals surface area contributed by atoms with Crippen LogP contribution in [0, 0.1) is 0 Å². The van der Waals surface area contributed by atoms with E-state index in [4.69, 9.17) is 16.3 Å². The SMILES string of the molecule is CCCCC(=O)N=c1sc2cc(Cl)ccc2n1CCOC. The van der Waals surface area contributed by atoms with E-state index in [1.807, 2.05) is 22.8 Å². The summed E-state index contributed by atoms with van der Waals surface area (Å²) in [6.07, 6.45) is 2.36. The highest BCUT2D eigenvalue weighted by molar-refractivity contribution is 7.16. The number of methoxy groups -OCH3 is 1. The fourth-order valence-electron chi connectivity index (χ4n) is 2.02. The molecule has 0 fully saturated rings. The molecule has 1 amide bonds. The van der Waals surface area contributed by atoms with Crippen molar-refractivity contribution >= 4 is 39.1 Å². The van der Waals surface area contributed by atoms with Gasteiger partial charge in [-0.2, -0.15) is 4.99 Å². The third kappa shape index (κ3) is 4.15. The lowest BCUT2D eigenvalue weighted by Gasteiger charge is -2.04. The second-order valence-electron chi connectivity index (χ2n) is 4.75. The number of halogens is 1. The number of amides is 1. The average molecular weight is 327 g/mol. The van der Waals surface area contributed by atoms with Crippen molar-refractivity contribution in [2.75, 3.05) is 13.7 Å². The van der Waals surface area contributed by atoms with E-state index in [1.165, 1.54) is 11.3 Å². The summed E-state index contributed by atoms with van der Waals surface area (Å²) < 4.78 is 8.19. The largest absolute Gasteiger partial charge is 0.383 e. The van der Waals surface area contributed by atoms with Crippen LogP contribution < -0.4 is 4.80 Å². The van der Waals surface area contributed by atoms with Crippen molar-refractivity contribution in [1.29, 1.82) is 0 Å². The maximum Gasteiger partial charge on any atom is 0.248 e. The lowest BCUT2D eigenvalue weighted by atomic mass is 10.2. The Kier molecular flexibility index (Phi) is 5.96. The third-order valence-corrected chi connectivity index (χ3v) is 4.40. The molecular weight excluding hydrogens is 308 g/mol. The molecule has 0 atom stereocenters. The van der Waals surface area contributed by atoms with E-state index in [9.17, 15) is 4.79 Å². The van der Waals surface area contributed by atoms with Crippen LogP contribution in [0.25, 0.3) is 10.2 Å². The van der Waals surface area contributed by atoms with Crippen molar-refractivity contribution in [1.82, 2.24) is 4.57 Å². The minimum absolute atomic E-state index is 0.0688. The zero-order valence-corrected chi connectivity index (χ0v) is 13.8. The molecule has 1 aromatic carbocycles. The molecule has 0 radical (unpaired) electrons. The first-order valence-corrected chi connectivity index (χ1v) is 8.20. The van der Waals surface area contributed by atoms with Crippen molar-refractivity contribution in [3.63, 3.8) is 0 Å². The van der Waals surface area contributed by atoms with Crippen molar-refractivity contribution < 1.29 is 9.53 Å². The first kappa shape index (κ1) is 16.2. The third-order valence-electron chi connectivity index (χ3n) is 3.13. The van der Waals surface area contributed by atoms with Crippen LogP contribution in [0.15, 0.2) is 23.2 Å². The number of carbonyl (C=O) groups is 1. The number of nitrogens with zero attached hydrogens (tertiary/aromatic N) is 2. The van der Waals surface area contributed by atoms with Crippen LogP contribution in [0.4, 0.5) is 0 Å². The minimum atomic E-state index is -0.0688. The molecule has 0 N–H and O–H groups in total. The second kappa shape index (κ2) is 7.73. The number of thiazole rings is 1. The molecule has 0 spiro atoms. The van der Waals surface area contributed by atoms with Gasteiger partial charge in [-0.15, -0.1) is 0 Å². The summed E-state index contributed by atoms with van der Waals surface area (Å²) in [7, 11) is 1.66. The lowest BCUT2D eigenvalue weighted by molar-refractivity contribution is -0.118. The van der Waals surface area contributed by atoms with E-state index < -0.39 is 0 Å².